The number of fused-ring (bicyclic) bond motifs is 6. The van der Waals surface area contributed by atoms with E-state index in [2.05, 4.69) is 245 Å². The number of benzene rings is 6. The molecular weight excluding hydrogens is 747 g/mol. The molecule has 0 N–H and O–H groups in total. The molecule has 6 aromatic rings. The Hall–Kier alpha value is -4.88. The minimum absolute atomic E-state index is 0.0400. The maximum Gasteiger partial charge on any atom is 0.0546 e. The van der Waals surface area contributed by atoms with Gasteiger partial charge in [-0.2, -0.15) is 0 Å². The van der Waals surface area contributed by atoms with Gasteiger partial charge in [0, 0.05) is 33.1 Å². The largest absolute Gasteiger partial charge is 0.309 e. The lowest BCUT2D eigenvalue weighted by atomic mass is 9.76. The summed E-state index contributed by atoms with van der Waals surface area (Å²) in [4.78, 5) is 2.69. The lowest BCUT2D eigenvalue weighted by Crippen LogP contribution is -2.23. The smallest absolute Gasteiger partial charge is 0.0546 e. The topological polar surface area (TPSA) is 3.24 Å². The van der Waals surface area contributed by atoms with E-state index in [9.17, 15) is 0 Å². The number of anilines is 3. The first-order valence-corrected chi connectivity index (χ1v) is 23.2. The SMILES string of the molecule is CC(C)(C)c1ccc2c(c1)C(C)(C)c1cc(C(C)(C)C)cc(N(c3cccc(C(C)(C)c4ccccc4)c3)c3cc(C(C)(C)C)cc4c3-c3ccc(C(C)(C)C)cc3C4(C)C)c1-2. The third-order valence-electron chi connectivity index (χ3n) is 14.8. The van der Waals surface area contributed by atoms with Crippen LogP contribution in [-0.4, -0.2) is 0 Å². The van der Waals surface area contributed by atoms with E-state index in [1.165, 1.54) is 95.0 Å². The predicted molar refractivity (Wildman–Crippen MR) is 270 cm³/mol. The molecule has 0 bridgehead atoms. The quantitative estimate of drug-likeness (QED) is 0.167. The summed E-state index contributed by atoms with van der Waals surface area (Å²) < 4.78 is 0. The molecular formula is C61H73N. The summed E-state index contributed by atoms with van der Waals surface area (Å²) in [6.45, 7) is 42.9. The van der Waals surface area contributed by atoms with Crippen LogP contribution in [0.3, 0.4) is 0 Å². The molecule has 0 radical (unpaired) electrons. The van der Waals surface area contributed by atoms with Crippen molar-refractivity contribution in [3.8, 4) is 22.3 Å². The molecule has 0 spiro atoms. The van der Waals surface area contributed by atoms with Crippen molar-refractivity contribution in [3.63, 3.8) is 0 Å². The zero-order valence-electron chi connectivity index (χ0n) is 41.4. The molecule has 0 aromatic heterocycles. The van der Waals surface area contributed by atoms with Gasteiger partial charge in [0.25, 0.3) is 0 Å². The van der Waals surface area contributed by atoms with Gasteiger partial charge in [0.15, 0.2) is 0 Å². The molecule has 0 heterocycles. The molecule has 0 saturated carbocycles. The third kappa shape index (κ3) is 7.07. The fourth-order valence-electron chi connectivity index (χ4n) is 10.3. The van der Waals surface area contributed by atoms with E-state index in [4.69, 9.17) is 0 Å². The van der Waals surface area contributed by atoms with Gasteiger partial charge < -0.3 is 4.90 Å². The Kier molecular flexibility index (Phi) is 9.92. The van der Waals surface area contributed by atoms with Crippen molar-refractivity contribution < 1.29 is 0 Å². The number of nitrogens with zero attached hydrogens (tertiary/aromatic N) is 1. The highest BCUT2D eigenvalue weighted by molar-refractivity contribution is 6.01. The normalized spacial score (nSPS) is 15.5. The van der Waals surface area contributed by atoms with E-state index in [1.54, 1.807) is 0 Å². The van der Waals surface area contributed by atoms with Crippen molar-refractivity contribution in [1.82, 2.24) is 0 Å². The van der Waals surface area contributed by atoms with Crippen LogP contribution in [0, 0.1) is 0 Å². The zero-order chi connectivity index (χ0) is 45.3. The molecule has 0 fully saturated rings. The van der Waals surface area contributed by atoms with Gasteiger partial charge in [0.05, 0.1) is 11.4 Å². The molecule has 6 aromatic carbocycles. The van der Waals surface area contributed by atoms with E-state index in [0.29, 0.717) is 0 Å². The van der Waals surface area contributed by atoms with Gasteiger partial charge in [-0.05, 0) is 113 Å². The summed E-state index contributed by atoms with van der Waals surface area (Å²) in [5, 5.41) is 0. The molecule has 0 amide bonds. The Morgan fingerprint density at radius 1 is 0.339 bits per heavy atom. The Balaban J connectivity index is 1.54. The van der Waals surface area contributed by atoms with Crippen molar-refractivity contribution in [2.24, 2.45) is 0 Å². The fraction of sp³-hybridized carbons (Fsp3) is 0.410. The molecule has 2 aliphatic carbocycles. The molecule has 322 valence electrons. The lowest BCUT2D eigenvalue weighted by Gasteiger charge is -2.35. The van der Waals surface area contributed by atoms with Gasteiger partial charge in [-0.1, -0.05) is 216 Å². The van der Waals surface area contributed by atoms with E-state index >= 15 is 0 Å². The molecule has 0 atom stereocenters. The molecule has 8 rings (SSSR count). The van der Waals surface area contributed by atoms with Crippen LogP contribution in [0.1, 0.15) is 180 Å². The summed E-state index contributed by atoms with van der Waals surface area (Å²) in [6.07, 6.45) is 0. The van der Waals surface area contributed by atoms with Gasteiger partial charge in [0.2, 0.25) is 0 Å². The van der Waals surface area contributed by atoms with Crippen LogP contribution in [0.15, 0.2) is 115 Å². The second-order valence-electron chi connectivity index (χ2n) is 24.5. The van der Waals surface area contributed by atoms with Crippen LogP contribution >= 0.6 is 0 Å². The Morgan fingerprint density at radius 3 is 1.13 bits per heavy atom. The summed E-state index contributed by atoms with van der Waals surface area (Å²) in [6, 6.07) is 45.4. The summed E-state index contributed by atoms with van der Waals surface area (Å²) in [7, 11) is 0. The fourth-order valence-corrected chi connectivity index (χ4v) is 10.3. The maximum absolute atomic E-state index is 2.69. The number of hydrogen-bond acceptors (Lipinski definition) is 1. The van der Waals surface area contributed by atoms with Crippen molar-refractivity contribution in [3.05, 3.63) is 171 Å². The highest BCUT2D eigenvalue weighted by atomic mass is 15.2. The van der Waals surface area contributed by atoms with Crippen LogP contribution in [0.4, 0.5) is 17.1 Å². The van der Waals surface area contributed by atoms with Crippen molar-refractivity contribution in [2.45, 2.75) is 163 Å². The first kappa shape index (κ1) is 43.8. The molecule has 1 heteroatoms. The zero-order valence-corrected chi connectivity index (χ0v) is 41.4. The molecule has 2 aliphatic rings. The Bertz CT molecular complexity index is 2580. The van der Waals surface area contributed by atoms with Crippen molar-refractivity contribution >= 4 is 17.1 Å². The minimum Gasteiger partial charge on any atom is -0.309 e. The average Bonchev–Trinajstić information content (AvgIpc) is 3.56. The Morgan fingerprint density at radius 2 is 0.726 bits per heavy atom. The lowest BCUT2D eigenvalue weighted by molar-refractivity contribution is 0.580. The van der Waals surface area contributed by atoms with Crippen LogP contribution in [0.25, 0.3) is 22.3 Å². The predicted octanol–water partition coefficient (Wildman–Crippen LogP) is 17.3. The van der Waals surface area contributed by atoms with Crippen LogP contribution < -0.4 is 4.90 Å². The molecule has 1 nitrogen and oxygen atoms in total. The first-order chi connectivity index (χ1) is 28.5. The summed E-state index contributed by atoms with van der Waals surface area (Å²) in [5.74, 6) is 0. The molecule has 0 saturated heterocycles. The van der Waals surface area contributed by atoms with Gasteiger partial charge in [-0.15, -0.1) is 0 Å². The van der Waals surface area contributed by atoms with E-state index in [0.717, 1.165) is 0 Å². The van der Waals surface area contributed by atoms with Crippen LogP contribution in [-0.2, 0) is 37.9 Å². The monoisotopic (exact) mass is 820 g/mol. The van der Waals surface area contributed by atoms with Crippen LogP contribution in [0.5, 0.6) is 0 Å². The molecule has 62 heavy (non-hydrogen) atoms. The minimum atomic E-state index is -0.219. The highest BCUT2D eigenvalue weighted by Gasteiger charge is 2.44. The number of hydrogen-bond donors (Lipinski definition) is 0. The van der Waals surface area contributed by atoms with Gasteiger partial charge in [-0.3, -0.25) is 0 Å². The van der Waals surface area contributed by atoms with E-state index < -0.39 is 0 Å². The van der Waals surface area contributed by atoms with Crippen LogP contribution in [0.2, 0.25) is 0 Å². The second-order valence-corrected chi connectivity index (χ2v) is 24.5. The number of rotatable bonds is 5. The summed E-state index contributed by atoms with van der Waals surface area (Å²) >= 11 is 0. The average molecular weight is 820 g/mol. The Labute approximate surface area is 376 Å². The second kappa shape index (κ2) is 14.1. The third-order valence-corrected chi connectivity index (χ3v) is 14.8. The van der Waals surface area contributed by atoms with Crippen molar-refractivity contribution in [1.29, 1.82) is 0 Å². The highest BCUT2D eigenvalue weighted by Crippen LogP contribution is 2.60. The standard InChI is InChI=1S/C61H73N/c1-55(2,3)39-27-29-45-47(32-39)60(15,16)49-34-42(57(7,8)9)36-51(53(45)49)62(44-26-22-25-41(31-44)59(13,14)38-23-20-19-21-24-38)52-37-43(58(10,11)12)35-50-54(52)46-30-28-40(56(4,5)6)33-48(46)61(50,17)18/h19-37H,1-18H3. The van der Waals surface area contributed by atoms with E-state index in [-0.39, 0.29) is 37.9 Å². The van der Waals surface area contributed by atoms with E-state index in [1.807, 2.05) is 0 Å². The molecule has 0 unspecified atom stereocenters. The maximum atomic E-state index is 2.69. The van der Waals surface area contributed by atoms with Crippen molar-refractivity contribution in [2.75, 3.05) is 4.90 Å². The summed E-state index contributed by atoms with van der Waals surface area (Å²) in [5.41, 5.74) is 22.1. The molecule has 0 aliphatic heterocycles. The van der Waals surface area contributed by atoms with Gasteiger partial charge in [0.1, 0.15) is 0 Å². The van der Waals surface area contributed by atoms with Gasteiger partial charge >= 0.3 is 0 Å². The first-order valence-electron chi connectivity index (χ1n) is 23.2. The van der Waals surface area contributed by atoms with Gasteiger partial charge in [-0.25, -0.2) is 0 Å².